The average molecular weight is 441 g/mol. The molecule has 0 heterocycles. The molecule has 10 heteroatoms. The van der Waals surface area contributed by atoms with Crippen molar-refractivity contribution in [3.63, 3.8) is 0 Å². The fourth-order valence-corrected chi connectivity index (χ4v) is 3.50. The molecule has 0 aliphatic rings. The number of sulfonamides is 1. The van der Waals surface area contributed by atoms with Crippen molar-refractivity contribution < 1.29 is 27.5 Å². The number of halogens is 1. The van der Waals surface area contributed by atoms with Crippen LogP contribution in [0.1, 0.15) is 22.8 Å². The lowest BCUT2D eigenvalue weighted by Gasteiger charge is -2.10. The Labute approximate surface area is 174 Å². The van der Waals surface area contributed by atoms with Crippen LogP contribution in [0.25, 0.3) is 0 Å². The predicted octanol–water partition coefficient (Wildman–Crippen LogP) is 2.76. The van der Waals surface area contributed by atoms with Gasteiger partial charge in [0.1, 0.15) is 5.75 Å². The summed E-state index contributed by atoms with van der Waals surface area (Å²) in [6.45, 7) is 1.96. The van der Waals surface area contributed by atoms with Gasteiger partial charge in [0.25, 0.3) is 15.9 Å². The lowest BCUT2D eigenvalue weighted by molar-refractivity contribution is 0.0951. The highest BCUT2D eigenvalue weighted by Crippen LogP contribution is 2.22. The van der Waals surface area contributed by atoms with Crippen LogP contribution in [0.3, 0.4) is 0 Å². The van der Waals surface area contributed by atoms with Crippen LogP contribution in [-0.4, -0.2) is 40.7 Å². The molecule has 0 spiro atoms. The first-order valence-corrected chi connectivity index (χ1v) is 10.5. The number of hydrogen-bond donors (Lipinski definition) is 2. The van der Waals surface area contributed by atoms with Crippen molar-refractivity contribution in [2.24, 2.45) is 0 Å². The van der Waals surface area contributed by atoms with E-state index < -0.39 is 16.1 Å². The van der Waals surface area contributed by atoms with Gasteiger partial charge in [0, 0.05) is 11.6 Å². The maximum absolute atomic E-state index is 12.3. The summed E-state index contributed by atoms with van der Waals surface area (Å²) in [4.78, 5) is 23.6. The molecule has 0 radical (unpaired) electrons. The van der Waals surface area contributed by atoms with Gasteiger partial charge in [-0.3, -0.25) is 4.79 Å². The highest BCUT2D eigenvalue weighted by atomic mass is 35.5. The topological polar surface area (TPSA) is 111 Å². The van der Waals surface area contributed by atoms with E-state index in [4.69, 9.17) is 16.3 Å². The van der Waals surface area contributed by atoms with E-state index in [9.17, 15) is 18.0 Å². The minimum Gasteiger partial charge on any atom is -0.496 e. The van der Waals surface area contributed by atoms with Gasteiger partial charge in [0.15, 0.2) is 0 Å². The van der Waals surface area contributed by atoms with Crippen LogP contribution in [0.2, 0.25) is 5.02 Å². The third kappa shape index (κ3) is 6.37. The first-order chi connectivity index (χ1) is 13.8. The van der Waals surface area contributed by atoms with Crippen molar-refractivity contribution in [3.8, 4) is 5.75 Å². The van der Waals surface area contributed by atoms with Gasteiger partial charge in [0.2, 0.25) is 0 Å². The van der Waals surface area contributed by atoms with Crippen molar-refractivity contribution in [2.45, 2.75) is 18.2 Å². The second kappa shape index (κ2) is 10.1. The Hall–Kier alpha value is -2.78. The minimum atomic E-state index is -4.00. The number of amides is 2. The van der Waals surface area contributed by atoms with Crippen LogP contribution in [0, 0.1) is 0 Å². The summed E-state index contributed by atoms with van der Waals surface area (Å²) >= 11 is 5.93. The van der Waals surface area contributed by atoms with Gasteiger partial charge in [-0.1, -0.05) is 23.7 Å². The molecule has 2 rings (SSSR count). The zero-order chi connectivity index (χ0) is 21.4. The Balaban J connectivity index is 1.95. The number of carbonyl (C=O) groups is 2. The lowest BCUT2D eigenvalue weighted by Crippen LogP contribution is -2.31. The first kappa shape index (κ1) is 22.5. The van der Waals surface area contributed by atoms with Gasteiger partial charge < -0.3 is 14.8 Å². The average Bonchev–Trinajstić information content (AvgIpc) is 2.68. The van der Waals surface area contributed by atoms with E-state index in [1.807, 2.05) is 4.72 Å². The van der Waals surface area contributed by atoms with Crippen LogP contribution in [0.5, 0.6) is 5.75 Å². The third-order valence-corrected chi connectivity index (χ3v) is 5.40. The summed E-state index contributed by atoms with van der Waals surface area (Å²) in [7, 11) is -2.54. The maximum atomic E-state index is 12.3. The minimum absolute atomic E-state index is 0.0626. The number of methoxy groups -OCH3 is 1. The van der Waals surface area contributed by atoms with Crippen molar-refractivity contribution in [2.75, 3.05) is 20.3 Å². The molecule has 0 saturated carbocycles. The Morgan fingerprint density at radius 3 is 2.41 bits per heavy atom. The van der Waals surface area contributed by atoms with Gasteiger partial charge in [-0.15, -0.1) is 0 Å². The van der Waals surface area contributed by atoms with Crippen molar-refractivity contribution in [3.05, 3.63) is 58.6 Å². The van der Waals surface area contributed by atoms with Gasteiger partial charge in [-0.05, 0) is 49.2 Å². The molecule has 0 aromatic heterocycles. The van der Waals surface area contributed by atoms with Crippen LogP contribution < -0.4 is 14.8 Å². The van der Waals surface area contributed by atoms with Crippen molar-refractivity contribution >= 4 is 33.6 Å². The molecule has 0 unspecified atom stereocenters. The molecule has 2 amide bonds. The summed E-state index contributed by atoms with van der Waals surface area (Å²) in [6, 6.07) is 10.7. The first-order valence-electron chi connectivity index (χ1n) is 8.67. The smallest absolute Gasteiger partial charge is 0.421 e. The highest BCUT2D eigenvalue weighted by Gasteiger charge is 2.18. The number of hydrogen-bond acceptors (Lipinski definition) is 6. The molecule has 0 bridgehead atoms. The SMILES string of the molecule is CCOC(=O)NS(=O)(=O)c1ccc(CCNC(=O)c2cc(Cl)ccc2OC)cc1. The molecular weight excluding hydrogens is 420 g/mol. The van der Waals surface area contributed by atoms with Gasteiger partial charge in [-0.2, -0.15) is 0 Å². The standard InChI is InChI=1S/C19H21ClN2O6S/c1-3-28-19(24)22-29(25,26)15-7-4-13(5-8-15)10-11-21-18(23)16-12-14(20)6-9-17(16)27-2/h4-9,12H,3,10-11H2,1-2H3,(H,21,23)(H,22,24). The van der Waals surface area contributed by atoms with E-state index in [0.29, 0.717) is 29.3 Å². The summed E-state index contributed by atoms with van der Waals surface area (Å²) in [5.41, 5.74) is 1.13. The largest absolute Gasteiger partial charge is 0.496 e. The number of carbonyl (C=O) groups excluding carboxylic acids is 2. The van der Waals surface area contributed by atoms with Crippen LogP contribution >= 0.6 is 11.6 Å². The molecule has 0 aliphatic carbocycles. The van der Waals surface area contributed by atoms with Crippen molar-refractivity contribution in [1.29, 1.82) is 0 Å². The number of rotatable bonds is 8. The molecular formula is C19H21ClN2O6S. The molecule has 156 valence electrons. The van der Waals surface area contributed by atoms with E-state index in [0.717, 1.165) is 5.56 Å². The van der Waals surface area contributed by atoms with E-state index in [1.54, 1.807) is 31.2 Å². The van der Waals surface area contributed by atoms with Gasteiger partial charge in [-0.25, -0.2) is 17.9 Å². The lowest BCUT2D eigenvalue weighted by atomic mass is 10.1. The summed E-state index contributed by atoms with van der Waals surface area (Å²) < 4.78 is 35.7. The molecule has 2 N–H and O–H groups in total. The Morgan fingerprint density at radius 1 is 1.10 bits per heavy atom. The molecule has 0 fully saturated rings. The molecule has 29 heavy (non-hydrogen) atoms. The van der Waals surface area contributed by atoms with Gasteiger partial charge in [0.05, 0.1) is 24.2 Å². The van der Waals surface area contributed by atoms with E-state index >= 15 is 0 Å². The van der Waals surface area contributed by atoms with Crippen LogP contribution in [0.15, 0.2) is 47.4 Å². The third-order valence-electron chi connectivity index (χ3n) is 3.83. The second-order valence-corrected chi connectivity index (χ2v) is 7.94. The fraction of sp³-hybridized carbons (Fsp3) is 0.263. The monoisotopic (exact) mass is 440 g/mol. The maximum Gasteiger partial charge on any atom is 0.421 e. The quantitative estimate of drug-likeness (QED) is 0.653. The summed E-state index contributed by atoms with van der Waals surface area (Å²) in [6.07, 6.45) is -0.559. The normalized spacial score (nSPS) is 10.9. The molecule has 2 aromatic carbocycles. The Bertz CT molecular complexity index is 977. The molecule has 0 saturated heterocycles. The van der Waals surface area contributed by atoms with Crippen LogP contribution in [0.4, 0.5) is 4.79 Å². The molecule has 0 aliphatic heterocycles. The highest BCUT2D eigenvalue weighted by molar-refractivity contribution is 7.90. The Kier molecular flexibility index (Phi) is 7.86. The molecule has 0 atom stereocenters. The number of benzene rings is 2. The fourth-order valence-electron chi connectivity index (χ4n) is 2.44. The van der Waals surface area contributed by atoms with Crippen molar-refractivity contribution in [1.82, 2.24) is 10.0 Å². The van der Waals surface area contributed by atoms with E-state index in [2.05, 4.69) is 10.1 Å². The number of ether oxygens (including phenoxy) is 2. The van der Waals surface area contributed by atoms with E-state index in [-0.39, 0.29) is 17.4 Å². The second-order valence-electron chi connectivity index (χ2n) is 5.82. The number of nitrogens with one attached hydrogen (secondary N) is 2. The van der Waals surface area contributed by atoms with Crippen LogP contribution in [-0.2, 0) is 21.2 Å². The molecule has 8 nitrogen and oxygen atoms in total. The summed E-state index contributed by atoms with van der Waals surface area (Å²) in [5.74, 6) is 0.0812. The Morgan fingerprint density at radius 2 is 1.79 bits per heavy atom. The molecule has 2 aromatic rings. The summed E-state index contributed by atoms with van der Waals surface area (Å²) in [5, 5.41) is 3.19. The van der Waals surface area contributed by atoms with E-state index in [1.165, 1.54) is 25.3 Å². The predicted molar refractivity (Wildman–Crippen MR) is 108 cm³/mol. The van der Waals surface area contributed by atoms with Gasteiger partial charge >= 0.3 is 6.09 Å². The zero-order valence-electron chi connectivity index (χ0n) is 15.9. The zero-order valence-corrected chi connectivity index (χ0v) is 17.5.